The van der Waals surface area contributed by atoms with Crippen molar-refractivity contribution in [2.45, 2.75) is 20.4 Å². The van der Waals surface area contributed by atoms with Gasteiger partial charge in [0.15, 0.2) is 0 Å². The fourth-order valence-corrected chi connectivity index (χ4v) is 3.46. The Kier molecular flexibility index (Phi) is 6.49. The number of anilines is 1. The zero-order valence-electron chi connectivity index (χ0n) is 16.4. The Morgan fingerprint density at radius 1 is 1.04 bits per heavy atom. The highest BCUT2D eigenvalue weighted by Crippen LogP contribution is 2.21. The smallest absolute Gasteiger partial charge is 0.243 e. The second-order valence-corrected chi connectivity index (χ2v) is 8.54. The third-order valence-corrected chi connectivity index (χ3v) is 5.60. The van der Waals surface area contributed by atoms with E-state index in [1.807, 2.05) is 44.2 Å². The van der Waals surface area contributed by atoms with Crippen LogP contribution in [0.4, 0.5) is 5.69 Å². The molecule has 0 atom stereocenters. The number of carbonyl (C=O) groups is 1. The fraction of sp³-hybridized carbons (Fsp3) is 0.350. The lowest BCUT2D eigenvalue weighted by Crippen LogP contribution is -2.41. The second kappa shape index (κ2) is 8.43. The number of hydrogen-bond donors (Lipinski definition) is 0. The maximum Gasteiger partial charge on any atom is 0.243 e. The van der Waals surface area contributed by atoms with Crippen LogP contribution in [0.15, 0.2) is 42.5 Å². The molecule has 146 valence electrons. The van der Waals surface area contributed by atoms with Crippen molar-refractivity contribution in [3.05, 3.63) is 59.2 Å². The zero-order valence-corrected chi connectivity index (χ0v) is 17.2. The van der Waals surface area contributed by atoms with Crippen molar-refractivity contribution >= 4 is 21.6 Å². The number of aryl methyl sites for hydroxylation is 2. The molecule has 2 rings (SSSR count). The number of sulfonamides is 1. The molecule has 0 fully saturated rings. The van der Waals surface area contributed by atoms with E-state index < -0.39 is 10.0 Å². The van der Waals surface area contributed by atoms with Gasteiger partial charge in [-0.2, -0.15) is 0 Å². The fourth-order valence-electron chi connectivity index (χ4n) is 2.62. The first-order valence-corrected chi connectivity index (χ1v) is 10.4. The third-order valence-electron chi connectivity index (χ3n) is 4.46. The van der Waals surface area contributed by atoms with Crippen LogP contribution < -0.4 is 9.04 Å². The highest BCUT2D eigenvalue weighted by atomic mass is 32.2. The Morgan fingerprint density at radius 3 is 2.19 bits per heavy atom. The molecule has 27 heavy (non-hydrogen) atoms. The summed E-state index contributed by atoms with van der Waals surface area (Å²) in [5.41, 5.74) is 3.46. The van der Waals surface area contributed by atoms with Crippen molar-refractivity contribution in [3.63, 3.8) is 0 Å². The third kappa shape index (κ3) is 5.47. The lowest BCUT2D eigenvalue weighted by molar-refractivity contribution is -0.128. The minimum Gasteiger partial charge on any atom is -0.497 e. The van der Waals surface area contributed by atoms with Crippen LogP contribution in [0.3, 0.4) is 0 Å². The van der Waals surface area contributed by atoms with E-state index in [9.17, 15) is 13.2 Å². The van der Waals surface area contributed by atoms with Crippen LogP contribution in [-0.4, -0.2) is 46.2 Å². The number of carbonyl (C=O) groups excluding carboxylic acids is 1. The molecule has 0 saturated carbocycles. The van der Waals surface area contributed by atoms with Crippen LogP contribution in [-0.2, 0) is 21.4 Å². The van der Waals surface area contributed by atoms with Gasteiger partial charge in [0.2, 0.25) is 15.9 Å². The van der Waals surface area contributed by atoms with E-state index in [4.69, 9.17) is 4.74 Å². The molecule has 0 unspecified atom stereocenters. The van der Waals surface area contributed by atoms with Crippen LogP contribution in [0.1, 0.15) is 16.7 Å². The van der Waals surface area contributed by atoms with Crippen LogP contribution in [0, 0.1) is 13.8 Å². The van der Waals surface area contributed by atoms with Gasteiger partial charge in [-0.3, -0.25) is 9.10 Å². The van der Waals surface area contributed by atoms with Crippen LogP contribution in [0.5, 0.6) is 5.75 Å². The molecule has 7 heteroatoms. The van der Waals surface area contributed by atoms with E-state index in [1.165, 1.54) is 4.90 Å². The lowest BCUT2D eigenvalue weighted by atomic mass is 10.1. The Morgan fingerprint density at radius 2 is 1.67 bits per heavy atom. The summed E-state index contributed by atoms with van der Waals surface area (Å²) in [6.45, 7) is 4.01. The predicted molar refractivity (Wildman–Crippen MR) is 108 cm³/mol. The molecule has 0 spiro atoms. The average Bonchev–Trinajstić information content (AvgIpc) is 2.61. The van der Waals surface area contributed by atoms with Gasteiger partial charge in [-0.15, -0.1) is 0 Å². The van der Waals surface area contributed by atoms with Crippen LogP contribution >= 0.6 is 0 Å². The van der Waals surface area contributed by atoms with Gasteiger partial charge in [0.05, 0.1) is 19.1 Å². The molecule has 0 bridgehead atoms. The van der Waals surface area contributed by atoms with Crippen molar-refractivity contribution in [1.29, 1.82) is 0 Å². The average molecular weight is 391 g/mol. The Bertz CT molecular complexity index is 908. The minimum atomic E-state index is -3.59. The molecule has 0 heterocycles. The van der Waals surface area contributed by atoms with E-state index in [-0.39, 0.29) is 12.5 Å². The monoisotopic (exact) mass is 390 g/mol. The standard InChI is InChI=1S/C20H26N2O4S/c1-15-6-9-18(12-16(15)2)22(27(5,24)25)14-20(23)21(3)13-17-7-10-19(26-4)11-8-17/h6-12H,13-14H2,1-5H3. The molecule has 2 aromatic rings. The number of methoxy groups -OCH3 is 1. The number of nitrogens with zero attached hydrogens (tertiary/aromatic N) is 2. The molecule has 0 saturated heterocycles. The highest BCUT2D eigenvalue weighted by Gasteiger charge is 2.23. The number of rotatable bonds is 7. The number of benzene rings is 2. The van der Waals surface area contributed by atoms with Gasteiger partial charge in [0.25, 0.3) is 0 Å². The summed E-state index contributed by atoms with van der Waals surface area (Å²) in [4.78, 5) is 14.2. The summed E-state index contributed by atoms with van der Waals surface area (Å²) in [5.74, 6) is 0.459. The molecule has 2 aromatic carbocycles. The molecule has 6 nitrogen and oxygen atoms in total. The van der Waals surface area contributed by atoms with Crippen molar-refractivity contribution in [1.82, 2.24) is 4.90 Å². The van der Waals surface area contributed by atoms with Crippen molar-refractivity contribution in [3.8, 4) is 5.75 Å². The Balaban J connectivity index is 2.16. The van der Waals surface area contributed by atoms with Gasteiger partial charge < -0.3 is 9.64 Å². The maximum atomic E-state index is 12.6. The first kappa shape index (κ1) is 20.8. The van der Waals surface area contributed by atoms with Gasteiger partial charge >= 0.3 is 0 Å². The van der Waals surface area contributed by atoms with Crippen LogP contribution in [0.2, 0.25) is 0 Å². The van der Waals surface area contributed by atoms with Crippen molar-refractivity contribution < 1.29 is 17.9 Å². The molecule has 0 aliphatic carbocycles. The van der Waals surface area contributed by atoms with Gasteiger partial charge in [0.1, 0.15) is 12.3 Å². The molecule has 1 amide bonds. The van der Waals surface area contributed by atoms with E-state index in [1.54, 1.807) is 26.3 Å². The number of hydrogen-bond acceptors (Lipinski definition) is 4. The molecular weight excluding hydrogens is 364 g/mol. The first-order chi connectivity index (χ1) is 12.6. The largest absolute Gasteiger partial charge is 0.497 e. The first-order valence-electron chi connectivity index (χ1n) is 8.53. The van der Waals surface area contributed by atoms with Gasteiger partial charge in [-0.1, -0.05) is 18.2 Å². The lowest BCUT2D eigenvalue weighted by Gasteiger charge is -2.25. The van der Waals surface area contributed by atoms with Crippen molar-refractivity contribution in [2.75, 3.05) is 31.3 Å². The number of ether oxygens (including phenoxy) is 1. The number of amides is 1. The normalized spacial score (nSPS) is 11.1. The van der Waals surface area contributed by atoms with E-state index in [2.05, 4.69) is 0 Å². The second-order valence-electron chi connectivity index (χ2n) is 6.64. The van der Waals surface area contributed by atoms with E-state index in [0.29, 0.717) is 12.2 Å². The summed E-state index contributed by atoms with van der Waals surface area (Å²) in [5, 5.41) is 0. The zero-order chi connectivity index (χ0) is 20.2. The topological polar surface area (TPSA) is 66.9 Å². The molecular formula is C20H26N2O4S. The summed E-state index contributed by atoms with van der Waals surface area (Å²) in [6.07, 6.45) is 1.11. The molecule has 0 aliphatic heterocycles. The molecule has 0 radical (unpaired) electrons. The minimum absolute atomic E-state index is 0.242. The van der Waals surface area contributed by atoms with Gasteiger partial charge in [-0.25, -0.2) is 8.42 Å². The number of likely N-dealkylation sites (N-methyl/N-ethyl adjacent to an activating group) is 1. The van der Waals surface area contributed by atoms with Crippen molar-refractivity contribution in [2.24, 2.45) is 0 Å². The highest BCUT2D eigenvalue weighted by molar-refractivity contribution is 7.92. The Hall–Kier alpha value is -2.54. The maximum absolute atomic E-state index is 12.6. The van der Waals surface area contributed by atoms with Crippen LogP contribution in [0.25, 0.3) is 0 Å². The Labute approximate surface area is 161 Å². The summed E-state index contributed by atoms with van der Waals surface area (Å²) in [7, 11) is -0.334. The van der Waals surface area contributed by atoms with E-state index >= 15 is 0 Å². The summed E-state index contributed by atoms with van der Waals surface area (Å²) < 4.78 is 30.8. The van der Waals surface area contributed by atoms with Gasteiger partial charge in [0, 0.05) is 13.6 Å². The summed E-state index contributed by atoms with van der Waals surface area (Å²) in [6, 6.07) is 12.8. The molecule has 0 aliphatic rings. The summed E-state index contributed by atoms with van der Waals surface area (Å²) >= 11 is 0. The van der Waals surface area contributed by atoms with E-state index in [0.717, 1.165) is 33.0 Å². The molecule has 0 N–H and O–H groups in total. The quantitative estimate of drug-likeness (QED) is 0.729. The van der Waals surface area contributed by atoms with Gasteiger partial charge in [-0.05, 0) is 54.8 Å². The predicted octanol–water partition coefficient (Wildman–Crippen LogP) is 2.74. The SMILES string of the molecule is COc1ccc(CN(C)C(=O)CN(c2ccc(C)c(C)c2)S(C)(=O)=O)cc1. The molecule has 0 aromatic heterocycles.